The van der Waals surface area contributed by atoms with Gasteiger partial charge in [-0.25, -0.2) is 0 Å². The van der Waals surface area contributed by atoms with E-state index in [-0.39, 0.29) is 0 Å². The molecule has 0 atom stereocenters. The standard InChI is InChI=1S/2C10H14/c1-3-9-5-7-10(4-2)8-6-9;1-3-9-6-5-7-10(4-2)8-9/h2*5-8H,3-4H2,1-2H3. The first-order valence-corrected chi connectivity index (χ1v) is 7.89. The molecule has 0 aliphatic heterocycles. The highest BCUT2D eigenvalue weighted by atomic mass is 14.0. The van der Waals surface area contributed by atoms with E-state index < -0.39 is 0 Å². The minimum absolute atomic E-state index is 1.14. The third-order valence-electron chi connectivity index (χ3n) is 3.65. The highest BCUT2D eigenvalue weighted by Gasteiger charge is 1.89. The summed E-state index contributed by atoms with van der Waals surface area (Å²) in [6, 6.07) is 17.6. The second-order valence-corrected chi connectivity index (χ2v) is 5.05. The maximum Gasteiger partial charge on any atom is -0.0307 e. The van der Waals surface area contributed by atoms with Crippen LogP contribution in [0.3, 0.4) is 0 Å². The Kier molecular flexibility index (Phi) is 7.72. The molecule has 0 saturated heterocycles. The third-order valence-corrected chi connectivity index (χ3v) is 3.65. The Bertz CT molecular complexity index is 437. The molecule has 2 aromatic carbocycles. The van der Waals surface area contributed by atoms with Gasteiger partial charge in [0.2, 0.25) is 0 Å². The summed E-state index contributed by atoms with van der Waals surface area (Å²) in [4.78, 5) is 0. The molecule has 0 radical (unpaired) electrons. The van der Waals surface area contributed by atoms with Crippen LogP contribution < -0.4 is 0 Å². The van der Waals surface area contributed by atoms with E-state index in [1.165, 1.54) is 22.3 Å². The fraction of sp³-hybridized carbons (Fsp3) is 0.400. The molecular weight excluding hydrogens is 240 g/mol. The fourth-order valence-corrected chi connectivity index (χ4v) is 2.08. The van der Waals surface area contributed by atoms with E-state index >= 15 is 0 Å². The Labute approximate surface area is 124 Å². The highest BCUT2D eigenvalue weighted by Crippen LogP contribution is 2.06. The SMILES string of the molecule is CCc1ccc(CC)cc1.CCc1cccc(CC)c1. The lowest BCUT2D eigenvalue weighted by Gasteiger charge is -1.98. The molecule has 2 rings (SSSR count). The van der Waals surface area contributed by atoms with Crippen molar-refractivity contribution in [3.63, 3.8) is 0 Å². The van der Waals surface area contributed by atoms with Crippen LogP contribution in [0.2, 0.25) is 0 Å². The Morgan fingerprint density at radius 3 is 1.15 bits per heavy atom. The van der Waals surface area contributed by atoms with Gasteiger partial charge in [-0.15, -0.1) is 0 Å². The van der Waals surface area contributed by atoms with Gasteiger partial charge in [-0.2, -0.15) is 0 Å². The maximum atomic E-state index is 2.28. The number of aryl methyl sites for hydroxylation is 4. The molecular formula is C20H28. The van der Waals surface area contributed by atoms with Gasteiger partial charge in [0.25, 0.3) is 0 Å². The minimum atomic E-state index is 1.14. The van der Waals surface area contributed by atoms with E-state index in [0.29, 0.717) is 0 Å². The van der Waals surface area contributed by atoms with Crippen molar-refractivity contribution in [2.75, 3.05) is 0 Å². The summed E-state index contributed by atoms with van der Waals surface area (Å²) in [5, 5.41) is 0. The zero-order chi connectivity index (χ0) is 14.8. The van der Waals surface area contributed by atoms with Gasteiger partial charge >= 0.3 is 0 Å². The average Bonchev–Trinajstić information content (AvgIpc) is 2.55. The van der Waals surface area contributed by atoms with Crippen LogP contribution in [-0.4, -0.2) is 0 Å². The molecule has 0 fully saturated rings. The Balaban J connectivity index is 0.000000200. The molecule has 20 heavy (non-hydrogen) atoms. The molecule has 0 amide bonds. The molecule has 0 aliphatic rings. The lowest BCUT2D eigenvalue weighted by atomic mass is 10.1. The van der Waals surface area contributed by atoms with E-state index in [1.807, 2.05) is 0 Å². The zero-order valence-electron chi connectivity index (χ0n) is 13.4. The van der Waals surface area contributed by atoms with Crippen LogP contribution in [0.5, 0.6) is 0 Å². The van der Waals surface area contributed by atoms with Crippen molar-refractivity contribution in [2.24, 2.45) is 0 Å². The number of hydrogen-bond donors (Lipinski definition) is 0. The van der Waals surface area contributed by atoms with Crippen LogP contribution >= 0.6 is 0 Å². The van der Waals surface area contributed by atoms with Crippen molar-refractivity contribution in [3.05, 3.63) is 70.8 Å². The Hall–Kier alpha value is -1.56. The van der Waals surface area contributed by atoms with Gasteiger partial charge in [0.05, 0.1) is 0 Å². The summed E-state index contributed by atoms with van der Waals surface area (Å²) in [6.07, 6.45) is 4.58. The summed E-state index contributed by atoms with van der Waals surface area (Å²) in [5.74, 6) is 0. The number of rotatable bonds is 4. The molecule has 0 saturated carbocycles. The van der Waals surface area contributed by atoms with Gasteiger partial charge in [-0.3, -0.25) is 0 Å². The molecule has 0 bridgehead atoms. The second kappa shape index (κ2) is 9.36. The van der Waals surface area contributed by atoms with Crippen molar-refractivity contribution < 1.29 is 0 Å². The van der Waals surface area contributed by atoms with Gasteiger partial charge < -0.3 is 0 Å². The molecule has 0 N–H and O–H groups in total. The smallest absolute Gasteiger partial charge is 0.0307 e. The topological polar surface area (TPSA) is 0 Å². The van der Waals surface area contributed by atoms with Gasteiger partial charge in [0.1, 0.15) is 0 Å². The van der Waals surface area contributed by atoms with E-state index in [9.17, 15) is 0 Å². The quantitative estimate of drug-likeness (QED) is 0.675. The lowest BCUT2D eigenvalue weighted by Crippen LogP contribution is -1.83. The average molecular weight is 268 g/mol. The van der Waals surface area contributed by atoms with Crippen molar-refractivity contribution >= 4 is 0 Å². The minimum Gasteiger partial charge on any atom is -0.0617 e. The summed E-state index contributed by atoms with van der Waals surface area (Å²) in [6.45, 7) is 8.74. The van der Waals surface area contributed by atoms with Gasteiger partial charge in [-0.05, 0) is 47.9 Å². The number of hydrogen-bond acceptors (Lipinski definition) is 0. The van der Waals surface area contributed by atoms with Crippen molar-refractivity contribution in [1.82, 2.24) is 0 Å². The predicted molar refractivity (Wildman–Crippen MR) is 90.4 cm³/mol. The summed E-state index contributed by atoms with van der Waals surface area (Å²) < 4.78 is 0. The zero-order valence-corrected chi connectivity index (χ0v) is 13.4. The van der Waals surface area contributed by atoms with Crippen molar-refractivity contribution in [2.45, 2.75) is 53.4 Å². The second-order valence-electron chi connectivity index (χ2n) is 5.05. The van der Waals surface area contributed by atoms with Crippen LogP contribution in [0, 0.1) is 0 Å². The molecule has 2 aromatic rings. The number of benzene rings is 2. The third kappa shape index (κ3) is 5.61. The van der Waals surface area contributed by atoms with E-state index in [2.05, 4.69) is 76.2 Å². The first-order chi connectivity index (χ1) is 9.73. The molecule has 0 aromatic heterocycles. The van der Waals surface area contributed by atoms with Crippen LogP contribution in [0.15, 0.2) is 48.5 Å². The van der Waals surface area contributed by atoms with Crippen LogP contribution in [0.1, 0.15) is 49.9 Å². The molecule has 0 spiro atoms. The highest BCUT2D eigenvalue weighted by molar-refractivity contribution is 5.23. The van der Waals surface area contributed by atoms with E-state index in [0.717, 1.165) is 25.7 Å². The fourth-order valence-electron chi connectivity index (χ4n) is 2.08. The molecule has 108 valence electrons. The molecule has 0 heterocycles. The Morgan fingerprint density at radius 2 is 0.850 bits per heavy atom. The monoisotopic (exact) mass is 268 g/mol. The summed E-state index contributed by atoms with van der Waals surface area (Å²) in [5.41, 5.74) is 5.74. The Morgan fingerprint density at radius 1 is 0.500 bits per heavy atom. The van der Waals surface area contributed by atoms with E-state index in [1.54, 1.807) is 0 Å². The normalized spacial score (nSPS) is 9.80. The van der Waals surface area contributed by atoms with E-state index in [4.69, 9.17) is 0 Å². The van der Waals surface area contributed by atoms with Gasteiger partial charge in [-0.1, -0.05) is 76.2 Å². The molecule has 0 heteroatoms. The summed E-state index contributed by atoms with van der Waals surface area (Å²) in [7, 11) is 0. The molecule has 0 aliphatic carbocycles. The van der Waals surface area contributed by atoms with Crippen LogP contribution in [0.25, 0.3) is 0 Å². The lowest BCUT2D eigenvalue weighted by molar-refractivity contribution is 1.09. The summed E-state index contributed by atoms with van der Waals surface area (Å²) >= 11 is 0. The first kappa shape index (κ1) is 16.5. The largest absolute Gasteiger partial charge is 0.0617 e. The van der Waals surface area contributed by atoms with Crippen LogP contribution in [0.4, 0.5) is 0 Å². The maximum absolute atomic E-state index is 2.28. The molecule has 0 nitrogen and oxygen atoms in total. The van der Waals surface area contributed by atoms with Gasteiger partial charge in [0.15, 0.2) is 0 Å². The molecule has 0 unspecified atom stereocenters. The van der Waals surface area contributed by atoms with Gasteiger partial charge in [0, 0.05) is 0 Å². The first-order valence-electron chi connectivity index (χ1n) is 7.89. The van der Waals surface area contributed by atoms with Crippen LogP contribution in [-0.2, 0) is 25.7 Å². The predicted octanol–water partition coefficient (Wildman–Crippen LogP) is 5.62. The van der Waals surface area contributed by atoms with Crippen molar-refractivity contribution in [3.8, 4) is 0 Å². The van der Waals surface area contributed by atoms with Crippen molar-refractivity contribution in [1.29, 1.82) is 0 Å².